The van der Waals surface area contributed by atoms with Crippen molar-refractivity contribution >= 4 is 10.9 Å². The molecule has 5 nitrogen and oxygen atoms in total. The predicted molar refractivity (Wildman–Crippen MR) is 108 cm³/mol. The van der Waals surface area contributed by atoms with Gasteiger partial charge in [0.25, 0.3) is 0 Å². The number of likely N-dealkylation sites (tertiary alicyclic amines) is 1. The molecule has 0 spiro atoms. The van der Waals surface area contributed by atoms with Crippen LogP contribution in [0.15, 0.2) is 48.5 Å². The lowest BCUT2D eigenvalue weighted by Crippen LogP contribution is -2.34. The number of H-pyrrole nitrogens is 1. The number of aromatic nitrogens is 2. The highest BCUT2D eigenvalue weighted by atomic mass is 16.5. The molecule has 0 unspecified atom stereocenters. The Hall–Kier alpha value is -2.53. The first-order valence-corrected chi connectivity index (χ1v) is 9.76. The number of para-hydroxylation sites is 3. The maximum Gasteiger partial charge on any atom is 0.161 e. The molecule has 1 aliphatic heterocycles. The van der Waals surface area contributed by atoms with Crippen LogP contribution in [0.3, 0.4) is 0 Å². The van der Waals surface area contributed by atoms with Gasteiger partial charge in [-0.1, -0.05) is 30.3 Å². The van der Waals surface area contributed by atoms with Gasteiger partial charge in [0.1, 0.15) is 0 Å². The molecule has 4 rings (SSSR count). The maximum absolute atomic E-state index is 5.88. The number of fused-ring (bicyclic) bond motifs is 1. The van der Waals surface area contributed by atoms with Crippen LogP contribution in [-0.4, -0.2) is 48.4 Å². The number of benzene rings is 2. The summed E-state index contributed by atoms with van der Waals surface area (Å²) in [6.45, 7) is 4.05. The monoisotopic (exact) mass is 365 g/mol. The van der Waals surface area contributed by atoms with Gasteiger partial charge in [0.15, 0.2) is 11.5 Å². The fraction of sp³-hybridized carbons (Fsp3) is 0.409. The Bertz CT molecular complexity index is 869. The highest BCUT2D eigenvalue weighted by molar-refractivity contribution is 5.81. The van der Waals surface area contributed by atoms with Crippen LogP contribution < -0.4 is 9.47 Å². The van der Waals surface area contributed by atoms with Gasteiger partial charge >= 0.3 is 0 Å². The molecular formula is C22H27N3O2. The minimum absolute atomic E-state index is 0.582. The molecular weight excluding hydrogens is 338 g/mol. The first-order chi connectivity index (χ1) is 13.3. The quantitative estimate of drug-likeness (QED) is 0.637. The Morgan fingerprint density at radius 2 is 1.78 bits per heavy atom. The lowest BCUT2D eigenvalue weighted by Gasteiger charge is -2.31. The van der Waals surface area contributed by atoms with Crippen LogP contribution in [0.1, 0.15) is 30.9 Å². The van der Waals surface area contributed by atoms with E-state index in [9.17, 15) is 0 Å². The highest BCUT2D eigenvalue weighted by Crippen LogP contribution is 2.31. The van der Waals surface area contributed by atoms with Gasteiger partial charge in [0, 0.05) is 23.5 Å². The van der Waals surface area contributed by atoms with Crippen molar-refractivity contribution in [2.24, 2.45) is 0 Å². The van der Waals surface area contributed by atoms with E-state index in [1.807, 2.05) is 30.3 Å². The molecule has 0 atom stereocenters. The molecule has 0 radical (unpaired) electrons. The summed E-state index contributed by atoms with van der Waals surface area (Å²) in [4.78, 5) is 2.54. The van der Waals surface area contributed by atoms with Gasteiger partial charge in [-0.05, 0) is 50.6 Å². The van der Waals surface area contributed by atoms with Crippen molar-refractivity contribution in [1.82, 2.24) is 15.1 Å². The predicted octanol–water partition coefficient (Wildman–Crippen LogP) is 4.22. The zero-order chi connectivity index (χ0) is 18.5. The molecule has 0 bridgehead atoms. The summed E-state index contributed by atoms with van der Waals surface area (Å²) in [6.07, 6.45) is 3.38. The van der Waals surface area contributed by atoms with Crippen molar-refractivity contribution in [1.29, 1.82) is 0 Å². The molecule has 1 aromatic heterocycles. The summed E-state index contributed by atoms with van der Waals surface area (Å²) in [7, 11) is 1.68. The van der Waals surface area contributed by atoms with Crippen LogP contribution in [0, 0.1) is 0 Å². The standard InChI is InChI=1S/C22H27N3O2/c1-26-20-9-4-5-10-21(20)27-16-6-13-25-14-11-17(12-15-25)22-18-7-2-3-8-19(18)23-24-22/h2-5,7-10,17H,6,11-16H2,1H3,(H,23,24). The van der Waals surface area contributed by atoms with Crippen molar-refractivity contribution in [3.8, 4) is 11.5 Å². The fourth-order valence-electron chi connectivity index (χ4n) is 3.94. The van der Waals surface area contributed by atoms with E-state index in [2.05, 4.69) is 33.3 Å². The SMILES string of the molecule is COc1ccccc1OCCCN1CCC(c2[nH]nc3ccccc23)CC1. The largest absolute Gasteiger partial charge is 0.493 e. The second kappa shape index (κ2) is 8.44. The Balaban J connectivity index is 1.23. The maximum atomic E-state index is 5.88. The highest BCUT2D eigenvalue weighted by Gasteiger charge is 2.23. The van der Waals surface area contributed by atoms with Gasteiger partial charge in [-0.2, -0.15) is 5.10 Å². The van der Waals surface area contributed by atoms with E-state index in [4.69, 9.17) is 9.47 Å². The molecule has 1 aliphatic rings. The number of nitrogens with zero attached hydrogens (tertiary/aromatic N) is 2. The van der Waals surface area contributed by atoms with Gasteiger partial charge in [-0.25, -0.2) is 0 Å². The molecule has 27 heavy (non-hydrogen) atoms. The van der Waals surface area contributed by atoms with Crippen LogP contribution in [0.4, 0.5) is 0 Å². The number of piperidine rings is 1. The van der Waals surface area contributed by atoms with Gasteiger partial charge in [0.2, 0.25) is 0 Å². The van der Waals surface area contributed by atoms with Gasteiger partial charge in [-0.15, -0.1) is 0 Å². The molecule has 142 valence electrons. The number of hydrogen-bond donors (Lipinski definition) is 1. The number of rotatable bonds is 7. The molecule has 3 aromatic rings. The van der Waals surface area contributed by atoms with Crippen molar-refractivity contribution < 1.29 is 9.47 Å². The van der Waals surface area contributed by atoms with Crippen LogP contribution in [-0.2, 0) is 0 Å². The fourth-order valence-corrected chi connectivity index (χ4v) is 3.94. The molecule has 5 heteroatoms. The third-order valence-corrected chi connectivity index (χ3v) is 5.43. The second-order valence-electron chi connectivity index (χ2n) is 7.12. The number of methoxy groups -OCH3 is 1. The molecule has 1 saturated heterocycles. The Morgan fingerprint density at radius 1 is 1.04 bits per heavy atom. The van der Waals surface area contributed by atoms with Crippen molar-refractivity contribution in [2.45, 2.75) is 25.2 Å². The molecule has 1 N–H and O–H groups in total. The summed E-state index contributed by atoms with van der Waals surface area (Å²) in [5.74, 6) is 2.20. The van der Waals surface area contributed by atoms with Crippen molar-refractivity contribution in [3.05, 3.63) is 54.2 Å². The first kappa shape index (κ1) is 17.9. The lowest BCUT2D eigenvalue weighted by molar-refractivity contribution is 0.190. The topological polar surface area (TPSA) is 50.4 Å². The van der Waals surface area contributed by atoms with E-state index in [1.54, 1.807) is 7.11 Å². The smallest absolute Gasteiger partial charge is 0.161 e. The van der Waals surface area contributed by atoms with E-state index >= 15 is 0 Å². The molecule has 0 aliphatic carbocycles. The van der Waals surface area contributed by atoms with E-state index < -0.39 is 0 Å². The third-order valence-electron chi connectivity index (χ3n) is 5.43. The Labute approximate surface area is 160 Å². The Morgan fingerprint density at radius 3 is 2.59 bits per heavy atom. The minimum atomic E-state index is 0.582. The van der Waals surface area contributed by atoms with Crippen LogP contribution >= 0.6 is 0 Å². The van der Waals surface area contributed by atoms with E-state index in [0.29, 0.717) is 12.5 Å². The first-order valence-electron chi connectivity index (χ1n) is 9.76. The lowest BCUT2D eigenvalue weighted by atomic mass is 9.91. The van der Waals surface area contributed by atoms with Crippen molar-refractivity contribution in [2.75, 3.05) is 33.4 Å². The Kier molecular flexibility index (Phi) is 5.58. The summed E-state index contributed by atoms with van der Waals surface area (Å²) < 4.78 is 11.2. The normalized spacial score (nSPS) is 15.9. The van der Waals surface area contributed by atoms with E-state index in [0.717, 1.165) is 43.1 Å². The molecule has 0 amide bonds. The number of aromatic amines is 1. The summed E-state index contributed by atoms with van der Waals surface area (Å²) in [5, 5.41) is 9.01. The van der Waals surface area contributed by atoms with Gasteiger partial charge < -0.3 is 14.4 Å². The minimum Gasteiger partial charge on any atom is -0.493 e. The number of hydrogen-bond acceptors (Lipinski definition) is 4. The number of nitrogens with one attached hydrogen (secondary N) is 1. The molecule has 2 heterocycles. The molecule has 1 fully saturated rings. The molecule has 2 aromatic carbocycles. The zero-order valence-electron chi connectivity index (χ0n) is 15.9. The number of ether oxygens (including phenoxy) is 2. The van der Waals surface area contributed by atoms with E-state index in [1.165, 1.54) is 23.9 Å². The summed E-state index contributed by atoms with van der Waals surface area (Å²) in [6, 6.07) is 16.2. The third kappa shape index (κ3) is 4.08. The van der Waals surface area contributed by atoms with E-state index in [-0.39, 0.29) is 0 Å². The van der Waals surface area contributed by atoms with Crippen molar-refractivity contribution in [3.63, 3.8) is 0 Å². The van der Waals surface area contributed by atoms with Crippen LogP contribution in [0.5, 0.6) is 11.5 Å². The summed E-state index contributed by atoms with van der Waals surface area (Å²) >= 11 is 0. The summed E-state index contributed by atoms with van der Waals surface area (Å²) in [5.41, 5.74) is 2.38. The average Bonchev–Trinajstić information content (AvgIpc) is 3.16. The van der Waals surface area contributed by atoms with Crippen LogP contribution in [0.2, 0.25) is 0 Å². The second-order valence-corrected chi connectivity index (χ2v) is 7.12. The van der Waals surface area contributed by atoms with Crippen LogP contribution in [0.25, 0.3) is 10.9 Å². The average molecular weight is 365 g/mol. The van der Waals surface area contributed by atoms with Gasteiger partial charge in [-0.3, -0.25) is 5.10 Å². The zero-order valence-corrected chi connectivity index (χ0v) is 15.9. The molecule has 0 saturated carbocycles. The van der Waals surface area contributed by atoms with Gasteiger partial charge in [0.05, 0.1) is 19.2 Å².